The van der Waals surface area contributed by atoms with E-state index < -0.39 is 51.9 Å². The normalized spacial score (nSPS) is 23.6. The molecular formula is C39H53ClN6O7S. The number of halogens is 1. The lowest BCUT2D eigenvalue weighted by Gasteiger charge is -2.32. The molecule has 5 N–H and O–H groups in total. The first kappa shape index (κ1) is 40.3. The first-order chi connectivity index (χ1) is 26.0. The van der Waals surface area contributed by atoms with Gasteiger partial charge in [-0.1, -0.05) is 48.7 Å². The molecule has 0 spiro atoms. The third kappa shape index (κ3) is 10.9. The summed E-state index contributed by atoms with van der Waals surface area (Å²) in [7, 11) is -3.77. The van der Waals surface area contributed by atoms with Gasteiger partial charge in [-0.15, -0.1) is 0 Å². The summed E-state index contributed by atoms with van der Waals surface area (Å²) in [5.41, 5.74) is 7.83. The lowest BCUT2D eigenvalue weighted by atomic mass is 9.79. The van der Waals surface area contributed by atoms with Gasteiger partial charge in [-0.3, -0.25) is 14.4 Å². The van der Waals surface area contributed by atoms with Crippen molar-refractivity contribution in [1.82, 2.24) is 25.2 Å². The summed E-state index contributed by atoms with van der Waals surface area (Å²) >= 11 is 6.08. The molecule has 54 heavy (non-hydrogen) atoms. The Bertz CT molecular complexity index is 1810. The number of likely N-dealkylation sites (tertiary alicyclic amines) is 1. The van der Waals surface area contributed by atoms with Gasteiger partial charge in [-0.2, -0.15) is 0 Å². The van der Waals surface area contributed by atoms with Gasteiger partial charge in [0.05, 0.1) is 25.0 Å². The predicted octanol–water partition coefficient (Wildman–Crippen LogP) is 4.19. The second-order valence-corrected chi connectivity index (χ2v) is 17.5. The Morgan fingerprint density at radius 1 is 1.00 bits per heavy atom. The Morgan fingerprint density at radius 2 is 1.70 bits per heavy atom. The van der Waals surface area contributed by atoms with Crippen LogP contribution in [0.1, 0.15) is 80.5 Å². The molecule has 3 fully saturated rings. The number of nitrogens with two attached hydrogens (primary N) is 1. The fourth-order valence-electron chi connectivity index (χ4n) is 8.13. The number of ketones is 1. The van der Waals surface area contributed by atoms with E-state index >= 15 is 0 Å². The van der Waals surface area contributed by atoms with Crippen molar-refractivity contribution in [2.24, 2.45) is 23.5 Å². The smallest absolute Gasteiger partial charge is 0.266 e. The third-order valence-corrected chi connectivity index (χ3v) is 12.2. The van der Waals surface area contributed by atoms with Crippen molar-refractivity contribution >= 4 is 50.3 Å². The molecule has 4 atom stereocenters. The number of ether oxygens (including phenoxy) is 1. The zero-order chi connectivity index (χ0) is 38.2. The van der Waals surface area contributed by atoms with Gasteiger partial charge in [-0.25, -0.2) is 18.1 Å². The average Bonchev–Trinajstić information content (AvgIpc) is 3.81. The molecule has 0 radical (unpaired) electrons. The van der Waals surface area contributed by atoms with Gasteiger partial charge in [-0.05, 0) is 112 Å². The lowest BCUT2D eigenvalue weighted by molar-refractivity contribution is -0.140. The van der Waals surface area contributed by atoms with E-state index in [1.807, 2.05) is 18.2 Å². The van der Waals surface area contributed by atoms with Gasteiger partial charge in [0.25, 0.3) is 5.89 Å². The third-order valence-electron chi connectivity index (χ3n) is 11.2. The quantitative estimate of drug-likeness (QED) is 0.154. The first-order valence-corrected chi connectivity index (χ1v) is 21.5. The van der Waals surface area contributed by atoms with Crippen LogP contribution in [0.5, 0.6) is 0 Å². The molecule has 3 aromatic rings. The summed E-state index contributed by atoms with van der Waals surface area (Å²) in [6.07, 6.45) is 7.54. The molecule has 2 saturated heterocycles. The van der Waals surface area contributed by atoms with Crippen LogP contribution in [0.25, 0.3) is 11.1 Å². The van der Waals surface area contributed by atoms with Gasteiger partial charge < -0.3 is 30.4 Å². The highest BCUT2D eigenvalue weighted by atomic mass is 35.5. The SMILES string of the molecule is CS(=O)(=O)N[C@H](CCC1CCNCC1)C(=O)N1C[C@H](OCc2ccc(Cl)cc2)C[C@H]1C(=O)N[C@@H](C[C@H]1CC[C@H](CN)CC1)C(=O)c1nc2ccccc2o1. The number of oxazole rings is 1. The van der Waals surface area contributed by atoms with E-state index in [4.69, 9.17) is 26.5 Å². The molecule has 1 saturated carbocycles. The van der Waals surface area contributed by atoms with Gasteiger partial charge in [0.1, 0.15) is 17.6 Å². The summed E-state index contributed by atoms with van der Waals surface area (Å²) in [5.74, 6) is -0.567. The number of para-hydroxylation sites is 2. The summed E-state index contributed by atoms with van der Waals surface area (Å²) in [6.45, 7) is 2.67. The fourth-order valence-corrected chi connectivity index (χ4v) is 8.99. The van der Waals surface area contributed by atoms with Crippen molar-refractivity contribution in [2.75, 3.05) is 32.4 Å². The van der Waals surface area contributed by atoms with Crippen molar-refractivity contribution in [3.63, 3.8) is 0 Å². The van der Waals surface area contributed by atoms with Crippen LogP contribution in [0.2, 0.25) is 5.02 Å². The molecule has 3 heterocycles. The molecule has 2 aromatic carbocycles. The molecule has 0 bridgehead atoms. The average molecular weight is 785 g/mol. The van der Waals surface area contributed by atoms with E-state index in [-0.39, 0.29) is 31.4 Å². The summed E-state index contributed by atoms with van der Waals surface area (Å²) in [4.78, 5) is 48.9. The summed E-state index contributed by atoms with van der Waals surface area (Å²) in [6, 6.07) is 11.3. The summed E-state index contributed by atoms with van der Waals surface area (Å²) < 4.78 is 39.8. The van der Waals surface area contributed by atoms with Crippen LogP contribution >= 0.6 is 11.6 Å². The highest BCUT2D eigenvalue weighted by molar-refractivity contribution is 7.88. The van der Waals surface area contributed by atoms with Crippen molar-refractivity contribution in [3.8, 4) is 0 Å². The Morgan fingerprint density at radius 3 is 2.39 bits per heavy atom. The van der Waals surface area contributed by atoms with Gasteiger partial charge in [0.15, 0.2) is 5.58 Å². The maximum absolute atomic E-state index is 14.4. The van der Waals surface area contributed by atoms with E-state index in [1.54, 1.807) is 30.3 Å². The van der Waals surface area contributed by atoms with E-state index in [2.05, 4.69) is 20.3 Å². The van der Waals surface area contributed by atoms with Gasteiger partial charge in [0.2, 0.25) is 27.6 Å². The maximum atomic E-state index is 14.4. The van der Waals surface area contributed by atoms with Crippen LogP contribution in [0.4, 0.5) is 0 Å². The number of rotatable bonds is 16. The van der Waals surface area contributed by atoms with Crippen LogP contribution in [-0.2, 0) is 31.0 Å². The van der Waals surface area contributed by atoms with Crippen LogP contribution in [0.3, 0.4) is 0 Å². The minimum Gasteiger partial charge on any atom is -0.434 e. The van der Waals surface area contributed by atoms with Crippen molar-refractivity contribution in [1.29, 1.82) is 0 Å². The van der Waals surface area contributed by atoms with Crippen LogP contribution in [0.15, 0.2) is 52.9 Å². The van der Waals surface area contributed by atoms with Crippen LogP contribution in [0, 0.1) is 17.8 Å². The maximum Gasteiger partial charge on any atom is 0.266 e. The number of carbonyl (C=O) groups excluding carboxylic acids is 3. The number of piperidine rings is 1. The number of hydrogen-bond acceptors (Lipinski definition) is 10. The molecule has 2 amide bonds. The number of hydrogen-bond donors (Lipinski definition) is 4. The highest BCUT2D eigenvalue weighted by Crippen LogP contribution is 2.32. The molecular weight excluding hydrogens is 732 g/mol. The molecule has 13 nitrogen and oxygen atoms in total. The van der Waals surface area contributed by atoms with Gasteiger partial charge in [0, 0.05) is 18.0 Å². The molecule has 0 unspecified atom stereocenters. The first-order valence-electron chi connectivity index (χ1n) is 19.2. The number of nitrogens with zero attached hydrogens (tertiary/aromatic N) is 2. The minimum absolute atomic E-state index is 0.0760. The van der Waals surface area contributed by atoms with Crippen LogP contribution in [-0.4, -0.2) is 92.6 Å². The monoisotopic (exact) mass is 784 g/mol. The predicted molar refractivity (Wildman–Crippen MR) is 206 cm³/mol. The number of nitrogens with one attached hydrogen (secondary N) is 3. The van der Waals surface area contributed by atoms with E-state index in [0.29, 0.717) is 53.8 Å². The Kier molecular flexibility index (Phi) is 13.8. The van der Waals surface area contributed by atoms with Crippen molar-refractivity contribution in [3.05, 3.63) is 65.0 Å². The van der Waals surface area contributed by atoms with Crippen molar-refractivity contribution < 1.29 is 32.0 Å². The number of amides is 2. The van der Waals surface area contributed by atoms with Crippen LogP contribution < -0.4 is 21.1 Å². The van der Waals surface area contributed by atoms with E-state index in [9.17, 15) is 22.8 Å². The molecule has 15 heteroatoms. The molecule has 6 rings (SSSR count). The molecule has 1 aromatic heterocycles. The van der Waals surface area contributed by atoms with Gasteiger partial charge >= 0.3 is 0 Å². The Balaban J connectivity index is 1.24. The zero-order valence-corrected chi connectivity index (χ0v) is 32.5. The fraction of sp³-hybridized carbons (Fsp3) is 0.590. The Hall–Kier alpha value is -3.40. The molecule has 1 aliphatic carbocycles. The van der Waals surface area contributed by atoms with E-state index in [0.717, 1.165) is 63.4 Å². The number of carbonyl (C=O) groups is 3. The topological polar surface area (TPSA) is 186 Å². The lowest BCUT2D eigenvalue weighted by Crippen LogP contribution is -2.55. The van der Waals surface area contributed by atoms with E-state index in [1.165, 1.54) is 4.90 Å². The number of Topliss-reactive ketones (excluding diaryl/α,β-unsaturated/α-hetero) is 1. The summed E-state index contributed by atoms with van der Waals surface area (Å²) in [5, 5.41) is 6.94. The molecule has 2 aliphatic heterocycles. The number of benzene rings is 2. The molecule has 3 aliphatic rings. The number of fused-ring (bicyclic) bond motifs is 1. The minimum atomic E-state index is -3.77. The zero-order valence-electron chi connectivity index (χ0n) is 30.9. The second-order valence-electron chi connectivity index (χ2n) is 15.3. The largest absolute Gasteiger partial charge is 0.434 e. The Labute approximate surface area is 322 Å². The van der Waals surface area contributed by atoms with Crippen molar-refractivity contribution in [2.45, 2.75) is 95.0 Å². The second kappa shape index (κ2) is 18.5. The molecule has 294 valence electrons. The highest BCUT2D eigenvalue weighted by Gasteiger charge is 2.44. The number of aromatic nitrogens is 1. The standard InChI is InChI=1S/C39H53ClN6O7S/c1-54(50,51)45-32(15-12-25-16-18-42-19-17-25)39(49)46-23-30(52-24-28-10-13-29(40)14-11-28)21-34(46)37(48)43-33(20-26-6-8-27(22-41)9-7-26)36(47)38-44-31-4-2-3-5-35(31)53-38/h2-5,10-11,13-14,25-27,30,32-34,42,45H,6-9,12,15-24,41H2,1H3,(H,43,48)/t26-,27-,30-,32-,33+,34+/m1/s1. The number of sulfonamides is 1.